The summed E-state index contributed by atoms with van der Waals surface area (Å²) >= 11 is 3.45. The third-order valence-electron chi connectivity index (χ3n) is 3.95. The van der Waals surface area contributed by atoms with Crippen molar-refractivity contribution in [2.45, 2.75) is 38.1 Å². The summed E-state index contributed by atoms with van der Waals surface area (Å²) in [6, 6.07) is 11.8. The van der Waals surface area contributed by atoms with Gasteiger partial charge in [0.2, 0.25) is 5.91 Å². The van der Waals surface area contributed by atoms with Gasteiger partial charge < -0.3 is 10.6 Å². The number of nitrogens with zero attached hydrogens (tertiary/aromatic N) is 2. The first-order chi connectivity index (χ1) is 11.2. The van der Waals surface area contributed by atoms with E-state index in [2.05, 4.69) is 36.8 Å². The largest absolute Gasteiger partial charge is 0.366 e. The molecule has 5 nitrogen and oxygen atoms in total. The molecule has 1 aromatic carbocycles. The molecular formula is C17H19BrN4O. The van der Waals surface area contributed by atoms with Gasteiger partial charge in [0.15, 0.2) is 5.82 Å². The smallest absolute Gasteiger partial charge is 0.230 e. The Bertz CT molecular complexity index is 669. The van der Waals surface area contributed by atoms with E-state index in [1.54, 1.807) is 6.07 Å². The molecule has 0 saturated heterocycles. The van der Waals surface area contributed by atoms with Crippen molar-refractivity contribution < 1.29 is 4.79 Å². The van der Waals surface area contributed by atoms with Crippen molar-refractivity contribution in [1.29, 1.82) is 0 Å². The van der Waals surface area contributed by atoms with Crippen molar-refractivity contribution in [1.82, 2.24) is 10.2 Å². The molecule has 0 bridgehead atoms. The molecule has 2 N–H and O–H groups in total. The van der Waals surface area contributed by atoms with Gasteiger partial charge in [-0.2, -0.15) is 0 Å². The number of anilines is 2. The summed E-state index contributed by atoms with van der Waals surface area (Å²) in [7, 11) is 0. The summed E-state index contributed by atoms with van der Waals surface area (Å²) < 4.78 is 0.928. The van der Waals surface area contributed by atoms with Crippen LogP contribution in [0.5, 0.6) is 0 Å². The van der Waals surface area contributed by atoms with Crippen LogP contribution in [-0.2, 0) is 11.2 Å². The number of carbonyl (C=O) groups is 1. The first kappa shape index (κ1) is 15.9. The molecule has 0 radical (unpaired) electrons. The zero-order valence-corrected chi connectivity index (χ0v) is 14.3. The summed E-state index contributed by atoms with van der Waals surface area (Å²) in [4.78, 5) is 12.1. The van der Waals surface area contributed by atoms with Crippen LogP contribution in [0.4, 0.5) is 11.6 Å². The van der Waals surface area contributed by atoms with Crippen molar-refractivity contribution in [2.75, 3.05) is 10.6 Å². The summed E-state index contributed by atoms with van der Waals surface area (Å²) in [5.41, 5.74) is 0.942. The second-order valence-corrected chi connectivity index (χ2v) is 6.60. The highest BCUT2D eigenvalue weighted by Gasteiger charge is 2.15. The van der Waals surface area contributed by atoms with E-state index < -0.39 is 0 Å². The third-order valence-corrected chi connectivity index (χ3v) is 4.72. The Morgan fingerprint density at radius 3 is 2.48 bits per heavy atom. The fourth-order valence-electron chi connectivity index (χ4n) is 2.76. The van der Waals surface area contributed by atoms with Gasteiger partial charge in [0.1, 0.15) is 5.82 Å². The highest BCUT2D eigenvalue weighted by molar-refractivity contribution is 9.10. The number of rotatable bonds is 5. The van der Waals surface area contributed by atoms with Crippen LogP contribution in [0.3, 0.4) is 0 Å². The minimum absolute atomic E-state index is 0.109. The molecule has 1 aliphatic carbocycles. The van der Waals surface area contributed by atoms with E-state index in [0.717, 1.165) is 15.9 Å². The Kier molecular flexibility index (Phi) is 5.23. The molecule has 0 atom stereocenters. The van der Waals surface area contributed by atoms with Crippen LogP contribution >= 0.6 is 15.9 Å². The van der Waals surface area contributed by atoms with Gasteiger partial charge >= 0.3 is 0 Å². The molecule has 6 heteroatoms. The Morgan fingerprint density at radius 2 is 1.78 bits per heavy atom. The quantitative estimate of drug-likeness (QED) is 0.835. The van der Waals surface area contributed by atoms with Crippen LogP contribution in [0.25, 0.3) is 0 Å². The van der Waals surface area contributed by atoms with Crippen LogP contribution in [-0.4, -0.2) is 22.1 Å². The molecule has 2 aromatic rings. The highest BCUT2D eigenvalue weighted by atomic mass is 79.9. The molecule has 0 spiro atoms. The molecule has 120 valence electrons. The van der Waals surface area contributed by atoms with Crippen molar-refractivity contribution in [3.63, 3.8) is 0 Å². The van der Waals surface area contributed by atoms with Gasteiger partial charge in [0.05, 0.1) is 6.42 Å². The van der Waals surface area contributed by atoms with Gasteiger partial charge in [0.25, 0.3) is 0 Å². The Labute approximate surface area is 144 Å². The maximum absolute atomic E-state index is 12.1. The molecule has 1 amide bonds. The Morgan fingerprint density at radius 1 is 1.09 bits per heavy atom. The molecule has 1 aliphatic rings. The lowest BCUT2D eigenvalue weighted by molar-refractivity contribution is -0.115. The van der Waals surface area contributed by atoms with E-state index >= 15 is 0 Å². The van der Waals surface area contributed by atoms with Crippen LogP contribution in [0.1, 0.15) is 31.2 Å². The van der Waals surface area contributed by atoms with Gasteiger partial charge in [-0.15, -0.1) is 10.2 Å². The minimum Gasteiger partial charge on any atom is -0.366 e. The third kappa shape index (κ3) is 4.51. The average Bonchev–Trinajstić information content (AvgIpc) is 3.04. The summed E-state index contributed by atoms with van der Waals surface area (Å²) in [5, 5.41) is 14.4. The Hall–Kier alpha value is -1.95. The van der Waals surface area contributed by atoms with Gasteiger partial charge in [-0.3, -0.25) is 4.79 Å². The van der Waals surface area contributed by atoms with E-state index in [1.807, 2.05) is 30.3 Å². The molecule has 1 fully saturated rings. The van der Waals surface area contributed by atoms with E-state index in [9.17, 15) is 4.79 Å². The van der Waals surface area contributed by atoms with Gasteiger partial charge in [0, 0.05) is 10.5 Å². The second-order valence-electron chi connectivity index (χ2n) is 5.75. The highest BCUT2D eigenvalue weighted by Crippen LogP contribution is 2.21. The standard InChI is InChI=1S/C17H19BrN4O/c18-14-8-4-1-5-12(14)11-17(23)20-16-10-9-15(21-22-16)19-13-6-2-3-7-13/h1,4-5,8-10,13H,2-3,6-7,11H2,(H,19,21)(H,20,22,23). The maximum Gasteiger partial charge on any atom is 0.230 e. The van der Waals surface area contributed by atoms with Gasteiger partial charge in [-0.25, -0.2) is 0 Å². The first-order valence-corrected chi connectivity index (χ1v) is 8.63. The van der Waals surface area contributed by atoms with E-state index in [1.165, 1.54) is 25.7 Å². The van der Waals surface area contributed by atoms with Crippen LogP contribution in [0.2, 0.25) is 0 Å². The van der Waals surface area contributed by atoms with Crippen LogP contribution in [0.15, 0.2) is 40.9 Å². The van der Waals surface area contributed by atoms with E-state index in [0.29, 0.717) is 18.3 Å². The van der Waals surface area contributed by atoms with Crippen molar-refractivity contribution in [3.8, 4) is 0 Å². The molecule has 1 heterocycles. The number of benzene rings is 1. The van der Waals surface area contributed by atoms with E-state index in [4.69, 9.17) is 0 Å². The Balaban J connectivity index is 1.55. The van der Waals surface area contributed by atoms with E-state index in [-0.39, 0.29) is 5.91 Å². The number of halogens is 1. The van der Waals surface area contributed by atoms with Crippen molar-refractivity contribution in [3.05, 3.63) is 46.4 Å². The fourth-order valence-corrected chi connectivity index (χ4v) is 3.18. The lowest BCUT2D eigenvalue weighted by Crippen LogP contribution is -2.18. The SMILES string of the molecule is O=C(Cc1ccccc1Br)Nc1ccc(NC2CCCC2)nn1. The molecule has 1 saturated carbocycles. The van der Waals surface area contributed by atoms with Crippen molar-refractivity contribution in [2.24, 2.45) is 0 Å². The number of carbonyl (C=O) groups excluding carboxylic acids is 1. The maximum atomic E-state index is 12.1. The van der Waals surface area contributed by atoms with Crippen LogP contribution < -0.4 is 10.6 Å². The monoisotopic (exact) mass is 374 g/mol. The lowest BCUT2D eigenvalue weighted by Gasteiger charge is -2.12. The molecule has 1 aromatic heterocycles. The second kappa shape index (κ2) is 7.55. The van der Waals surface area contributed by atoms with Crippen LogP contribution in [0, 0.1) is 0 Å². The number of hydrogen-bond acceptors (Lipinski definition) is 4. The number of aromatic nitrogens is 2. The van der Waals surface area contributed by atoms with Gasteiger partial charge in [-0.05, 0) is 36.6 Å². The molecule has 23 heavy (non-hydrogen) atoms. The summed E-state index contributed by atoms with van der Waals surface area (Å²) in [6.45, 7) is 0. The summed E-state index contributed by atoms with van der Waals surface area (Å²) in [5.74, 6) is 1.13. The zero-order chi connectivity index (χ0) is 16.1. The first-order valence-electron chi connectivity index (χ1n) is 7.84. The molecule has 0 aliphatic heterocycles. The van der Waals surface area contributed by atoms with Crippen molar-refractivity contribution >= 4 is 33.5 Å². The topological polar surface area (TPSA) is 66.9 Å². The van der Waals surface area contributed by atoms with Gasteiger partial charge in [-0.1, -0.05) is 47.0 Å². The average molecular weight is 375 g/mol. The normalized spacial score (nSPS) is 14.7. The summed E-state index contributed by atoms with van der Waals surface area (Å²) in [6.07, 6.45) is 5.21. The lowest BCUT2D eigenvalue weighted by atomic mass is 10.1. The molecule has 0 unspecified atom stereocenters. The molecular weight excluding hydrogens is 356 g/mol. The number of hydrogen-bond donors (Lipinski definition) is 2. The fraction of sp³-hybridized carbons (Fsp3) is 0.353. The number of amides is 1. The minimum atomic E-state index is -0.109. The number of nitrogens with one attached hydrogen (secondary N) is 2. The molecule has 3 rings (SSSR count). The predicted octanol–water partition coefficient (Wildman–Crippen LogP) is 3.77. The zero-order valence-electron chi connectivity index (χ0n) is 12.8. The predicted molar refractivity (Wildman–Crippen MR) is 94.4 cm³/mol.